The van der Waals surface area contributed by atoms with Crippen molar-refractivity contribution < 1.29 is 4.79 Å². The molecule has 0 saturated heterocycles. The summed E-state index contributed by atoms with van der Waals surface area (Å²) < 4.78 is 2.73. The molecule has 0 bridgehead atoms. The van der Waals surface area contributed by atoms with Gasteiger partial charge in [-0.3, -0.25) is 4.79 Å². The molecule has 0 radical (unpaired) electrons. The summed E-state index contributed by atoms with van der Waals surface area (Å²) >= 11 is 3.37. The van der Waals surface area contributed by atoms with Gasteiger partial charge in [0.05, 0.1) is 12.0 Å². The fourth-order valence-electron chi connectivity index (χ4n) is 1.81. The topological polar surface area (TPSA) is 59.0 Å². The van der Waals surface area contributed by atoms with Crippen LogP contribution in [0.25, 0.3) is 0 Å². The minimum Gasteiger partial charge on any atom is -0.328 e. The molecule has 2 aromatic rings. The van der Waals surface area contributed by atoms with E-state index < -0.39 is 0 Å². The lowest BCUT2D eigenvalue weighted by atomic mass is 10.3. The van der Waals surface area contributed by atoms with Crippen molar-refractivity contribution in [2.45, 2.75) is 13.0 Å². The van der Waals surface area contributed by atoms with Crippen molar-refractivity contribution in [2.24, 2.45) is 0 Å². The molecule has 0 unspecified atom stereocenters. The van der Waals surface area contributed by atoms with Crippen LogP contribution < -0.4 is 10.6 Å². The Morgan fingerprint density at radius 1 is 1.45 bits per heavy atom. The van der Waals surface area contributed by atoms with Gasteiger partial charge < -0.3 is 15.2 Å². The minimum atomic E-state index is -0.0688. The maximum atomic E-state index is 11.9. The first-order valence-corrected chi connectivity index (χ1v) is 7.17. The van der Waals surface area contributed by atoms with Gasteiger partial charge >= 0.3 is 0 Å². The van der Waals surface area contributed by atoms with E-state index in [1.54, 1.807) is 10.9 Å². The average molecular weight is 337 g/mol. The van der Waals surface area contributed by atoms with Crippen LogP contribution in [0.3, 0.4) is 0 Å². The third kappa shape index (κ3) is 4.47. The molecule has 1 aromatic heterocycles. The summed E-state index contributed by atoms with van der Waals surface area (Å²) in [6.07, 6.45) is 4.44. The number of nitrogens with one attached hydrogen (secondary N) is 2. The van der Waals surface area contributed by atoms with Gasteiger partial charge in [0.25, 0.3) is 0 Å². The molecule has 20 heavy (non-hydrogen) atoms. The number of amides is 1. The number of hydrogen-bond donors (Lipinski definition) is 2. The molecule has 0 fully saturated rings. The number of carbonyl (C=O) groups excluding carboxylic acids is 1. The summed E-state index contributed by atoms with van der Waals surface area (Å²) in [7, 11) is 1.91. The van der Waals surface area contributed by atoms with Gasteiger partial charge in [-0.15, -0.1) is 0 Å². The number of aromatic nitrogens is 2. The molecule has 1 heterocycles. The Kier molecular flexibility index (Phi) is 5.31. The molecular weight excluding hydrogens is 320 g/mol. The summed E-state index contributed by atoms with van der Waals surface area (Å²) in [5, 5.41) is 5.92. The quantitative estimate of drug-likeness (QED) is 0.848. The molecular formula is C14H17BrN4O. The van der Waals surface area contributed by atoms with E-state index in [2.05, 4.69) is 31.5 Å². The van der Waals surface area contributed by atoms with Crippen molar-refractivity contribution in [3.05, 3.63) is 47.0 Å². The van der Waals surface area contributed by atoms with Gasteiger partial charge in [0, 0.05) is 29.3 Å². The predicted molar refractivity (Wildman–Crippen MR) is 82.6 cm³/mol. The number of halogens is 1. The molecule has 6 heteroatoms. The van der Waals surface area contributed by atoms with Crippen molar-refractivity contribution >= 4 is 27.5 Å². The number of anilines is 1. The van der Waals surface area contributed by atoms with E-state index in [-0.39, 0.29) is 12.5 Å². The van der Waals surface area contributed by atoms with E-state index in [1.807, 2.05) is 37.5 Å². The molecule has 0 spiro atoms. The SMILES string of the molecule is CNCCc1cn(CC(=O)Nc2cccc(Br)c2)cn1. The summed E-state index contributed by atoms with van der Waals surface area (Å²) in [5.41, 5.74) is 1.76. The predicted octanol–water partition coefficient (Wildman–Crippen LogP) is 2.05. The number of rotatable bonds is 6. The van der Waals surface area contributed by atoms with Gasteiger partial charge in [-0.1, -0.05) is 22.0 Å². The highest BCUT2D eigenvalue weighted by atomic mass is 79.9. The number of nitrogens with zero attached hydrogens (tertiary/aromatic N) is 2. The summed E-state index contributed by atoms with van der Waals surface area (Å²) in [6, 6.07) is 7.52. The van der Waals surface area contributed by atoms with Gasteiger partial charge in [-0.05, 0) is 25.2 Å². The van der Waals surface area contributed by atoms with Crippen LogP contribution in [0.1, 0.15) is 5.69 Å². The highest BCUT2D eigenvalue weighted by Gasteiger charge is 2.05. The summed E-state index contributed by atoms with van der Waals surface area (Å²) in [4.78, 5) is 16.2. The molecule has 0 aliphatic heterocycles. The van der Waals surface area contributed by atoms with Gasteiger partial charge in [-0.2, -0.15) is 0 Å². The van der Waals surface area contributed by atoms with Gasteiger partial charge in [0.2, 0.25) is 5.91 Å². The van der Waals surface area contributed by atoms with Crippen LogP contribution in [0.2, 0.25) is 0 Å². The number of hydrogen-bond acceptors (Lipinski definition) is 3. The molecule has 2 N–H and O–H groups in total. The number of benzene rings is 1. The molecule has 0 saturated carbocycles. The van der Waals surface area contributed by atoms with E-state index >= 15 is 0 Å². The minimum absolute atomic E-state index is 0.0688. The van der Waals surface area contributed by atoms with Crippen LogP contribution in [-0.4, -0.2) is 29.1 Å². The van der Waals surface area contributed by atoms with Crippen LogP contribution in [0.15, 0.2) is 41.3 Å². The average Bonchev–Trinajstić information content (AvgIpc) is 2.83. The van der Waals surface area contributed by atoms with Crippen LogP contribution in [0.4, 0.5) is 5.69 Å². The number of likely N-dealkylation sites (N-methyl/N-ethyl adjacent to an activating group) is 1. The normalized spacial score (nSPS) is 10.5. The second kappa shape index (κ2) is 7.21. The Morgan fingerprint density at radius 2 is 2.30 bits per heavy atom. The van der Waals surface area contributed by atoms with Crippen LogP contribution >= 0.6 is 15.9 Å². The molecule has 2 rings (SSSR count). The Morgan fingerprint density at radius 3 is 3.05 bits per heavy atom. The Bertz CT molecular complexity index is 582. The second-order valence-electron chi connectivity index (χ2n) is 4.45. The third-order valence-corrected chi connectivity index (χ3v) is 3.25. The lowest BCUT2D eigenvalue weighted by Crippen LogP contribution is -2.17. The monoisotopic (exact) mass is 336 g/mol. The van der Waals surface area contributed by atoms with Crippen molar-refractivity contribution in [1.82, 2.24) is 14.9 Å². The fourth-order valence-corrected chi connectivity index (χ4v) is 2.21. The van der Waals surface area contributed by atoms with Crippen LogP contribution in [0.5, 0.6) is 0 Å². The molecule has 0 atom stereocenters. The first-order chi connectivity index (χ1) is 9.67. The fraction of sp³-hybridized carbons (Fsp3) is 0.286. The number of carbonyl (C=O) groups is 1. The standard InChI is InChI=1S/C14H17BrN4O/c1-16-6-5-13-8-19(10-17-13)9-14(20)18-12-4-2-3-11(15)7-12/h2-4,7-8,10,16H,5-6,9H2,1H3,(H,18,20). The molecule has 106 valence electrons. The van der Waals surface area contributed by atoms with Crippen molar-refractivity contribution in [3.63, 3.8) is 0 Å². The first kappa shape index (κ1) is 14.7. The maximum Gasteiger partial charge on any atom is 0.244 e. The smallest absolute Gasteiger partial charge is 0.244 e. The molecule has 0 aliphatic carbocycles. The second-order valence-corrected chi connectivity index (χ2v) is 5.37. The summed E-state index contributed by atoms with van der Waals surface area (Å²) in [5.74, 6) is -0.0688. The third-order valence-electron chi connectivity index (χ3n) is 2.75. The molecule has 0 aliphatic rings. The molecule has 1 amide bonds. The van der Waals surface area contributed by atoms with Crippen LogP contribution in [-0.2, 0) is 17.8 Å². The van der Waals surface area contributed by atoms with Gasteiger partial charge in [0.15, 0.2) is 0 Å². The van der Waals surface area contributed by atoms with E-state index in [0.29, 0.717) is 0 Å². The van der Waals surface area contributed by atoms with Crippen LogP contribution in [0, 0.1) is 0 Å². The zero-order chi connectivity index (χ0) is 14.4. The van der Waals surface area contributed by atoms with Gasteiger partial charge in [-0.25, -0.2) is 4.98 Å². The Labute approximate surface area is 126 Å². The highest BCUT2D eigenvalue weighted by molar-refractivity contribution is 9.10. The zero-order valence-corrected chi connectivity index (χ0v) is 12.9. The van der Waals surface area contributed by atoms with E-state index in [4.69, 9.17) is 0 Å². The maximum absolute atomic E-state index is 11.9. The van der Waals surface area contributed by atoms with Crippen molar-refractivity contribution in [3.8, 4) is 0 Å². The largest absolute Gasteiger partial charge is 0.328 e. The lowest BCUT2D eigenvalue weighted by molar-refractivity contribution is -0.116. The number of imidazole rings is 1. The van der Waals surface area contributed by atoms with Crippen molar-refractivity contribution in [1.29, 1.82) is 0 Å². The van der Waals surface area contributed by atoms with E-state index in [0.717, 1.165) is 28.8 Å². The Balaban J connectivity index is 1.89. The first-order valence-electron chi connectivity index (χ1n) is 6.38. The summed E-state index contributed by atoms with van der Waals surface area (Å²) in [6.45, 7) is 1.14. The zero-order valence-electron chi connectivity index (χ0n) is 11.3. The van der Waals surface area contributed by atoms with Crippen molar-refractivity contribution in [2.75, 3.05) is 18.9 Å². The lowest BCUT2D eigenvalue weighted by Gasteiger charge is -2.06. The Hall–Kier alpha value is -1.66. The highest BCUT2D eigenvalue weighted by Crippen LogP contribution is 2.15. The molecule has 5 nitrogen and oxygen atoms in total. The van der Waals surface area contributed by atoms with E-state index in [1.165, 1.54) is 0 Å². The van der Waals surface area contributed by atoms with Gasteiger partial charge in [0.1, 0.15) is 6.54 Å². The molecule has 1 aromatic carbocycles. The van der Waals surface area contributed by atoms with E-state index in [9.17, 15) is 4.79 Å².